The Kier molecular flexibility index (Phi) is 3.82. The Morgan fingerprint density at radius 1 is 0.828 bits per heavy atom. The normalized spacial score (nSPS) is 11.4. The van der Waals surface area contributed by atoms with Crippen molar-refractivity contribution in [1.29, 1.82) is 0 Å². The smallest absolute Gasteiger partial charge is 0.266 e. The first-order chi connectivity index (χ1) is 14.1. The van der Waals surface area contributed by atoms with Crippen LogP contribution in [0, 0.1) is 0 Å². The minimum absolute atomic E-state index is 0.0149. The van der Waals surface area contributed by atoms with Crippen LogP contribution in [0.25, 0.3) is 32.2 Å². The van der Waals surface area contributed by atoms with Gasteiger partial charge in [0, 0.05) is 17.3 Å². The van der Waals surface area contributed by atoms with E-state index in [-0.39, 0.29) is 28.4 Å². The van der Waals surface area contributed by atoms with Gasteiger partial charge in [0.2, 0.25) is 10.9 Å². The lowest BCUT2D eigenvalue weighted by Gasteiger charge is -2.04. The molecule has 0 saturated carbocycles. The number of nitrogens with zero attached hydrogens (tertiary/aromatic N) is 1. The molecule has 0 radical (unpaired) electrons. The van der Waals surface area contributed by atoms with E-state index < -0.39 is 22.0 Å². The number of rotatable bonds is 3. The summed E-state index contributed by atoms with van der Waals surface area (Å²) in [6, 6.07) is 11.4. The maximum Gasteiger partial charge on any atom is 0.266 e. The lowest BCUT2D eigenvalue weighted by Crippen LogP contribution is -2.27. The van der Waals surface area contributed by atoms with Crippen molar-refractivity contribution in [2.75, 3.05) is 0 Å². The predicted molar refractivity (Wildman–Crippen MR) is 113 cm³/mol. The molecular weight excluding hydrogens is 390 g/mol. The van der Waals surface area contributed by atoms with E-state index in [1.165, 1.54) is 12.4 Å². The van der Waals surface area contributed by atoms with Gasteiger partial charge in [-0.05, 0) is 28.6 Å². The SMILES string of the molecule is O=c1c2[nH]cc[nH]c2c(=O)c2c(=O)n(Cc3cccc(-c4cccs4)c3)c(=O)c12. The highest BCUT2D eigenvalue weighted by atomic mass is 32.1. The summed E-state index contributed by atoms with van der Waals surface area (Å²) in [5.41, 5.74) is -1.12. The summed E-state index contributed by atoms with van der Waals surface area (Å²) in [7, 11) is 0. The highest BCUT2D eigenvalue weighted by molar-refractivity contribution is 7.13. The first-order valence-electron chi connectivity index (χ1n) is 8.81. The Balaban J connectivity index is 1.73. The molecular formula is C21H13N3O4S. The fourth-order valence-electron chi connectivity index (χ4n) is 3.59. The molecule has 0 spiro atoms. The second-order valence-corrected chi connectivity index (χ2v) is 7.60. The van der Waals surface area contributed by atoms with Gasteiger partial charge in [-0.1, -0.05) is 24.3 Å². The van der Waals surface area contributed by atoms with Crippen molar-refractivity contribution in [3.05, 3.63) is 101 Å². The van der Waals surface area contributed by atoms with Crippen LogP contribution in [-0.4, -0.2) is 14.5 Å². The van der Waals surface area contributed by atoms with Crippen LogP contribution in [0.4, 0.5) is 0 Å². The molecule has 5 aromatic rings. The van der Waals surface area contributed by atoms with Crippen molar-refractivity contribution in [1.82, 2.24) is 14.5 Å². The summed E-state index contributed by atoms with van der Waals surface area (Å²) in [6.45, 7) is -0.0196. The van der Waals surface area contributed by atoms with Crippen molar-refractivity contribution in [3.63, 3.8) is 0 Å². The van der Waals surface area contributed by atoms with E-state index in [4.69, 9.17) is 0 Å². The molecule has 7 nitrogen and oxygen atoms in total. The molecule has 5 rings (SSSR count). The van der Waals surface area contributed by atoms with Crippen LogP contribution in [0.15, 0.2) is 73.4 Å². The maximum atomic E-state index is 12.9. The van der Waals surface area contributed by atoms with Gasteiger partial charge in [-0.3, -0.25) is 23.7 Å². The van der Waals surface area contributed by atoms with Gasteiger partial charge in [0.25, 0.3) is 11.1 Å². The second kappa shape index (κ2) is 6.39. The molecule has 2 aromatic carbocycles. The van der Waals surface area contributed by atoms with E-state index in [9.17, 15) is 19.2 Å². The molecule has 0 unspecified atom stereocenters. The largest absolute Gasteiger partial charge is 0.355 e. The monoisotopic (exact) mass is 403 g/mol. The zero-order valence-electron chi connectivity index (χ0n) is 14.9. The standard InChI is InChI=1S/C21H13N3O4S/c25-18-14-15(19(26)17-16(18)22-6-7-23-17)21(28)24(20(14)27)10-11-3-1-4-12(9-11)13-5-2-8-29-13/h1-9,22-23H,10H2. The number of aromatic amines is 2. The molecule has 0 bridgehead atoms. The minimum atomic E-state index is -0.743. The van der Waals surface area contributed by atoms with Gasteiger partial charge in [0.15, 0.2) is 0 Å². The van der Waals surface area contributed by atoms with Crippen LogP contribution in [0.5, 0.6) is 0 Å². The molecule has 0 fully saturated rings. The molecule has 0 atom stereocenters. The molecule has 3 heterocycles. The Morgan fingerprint density at radius 3 is 2.07 bits per heavy atom. The van der Waals surface area contributed by atoms with Gasteiger partial charge >= 0.3 is 0 Å². The predicted octanol–water partition coefficient (Wildman–Crippen LogP) is 2.11. The summed E-state index contributed by atoms with van der Waals surface area (Å²) < 4.78 is 0.958. The van der Waals surface area contributed by atoms with Gasteiger partial charge in [0.1, 0.15) is 21.8 Å². The zero-order valence-corrected chi connectivity index (χ0v) is 15.7. The Morgan fingerprint density at radius 2 is 1.48 bits per heavy atom. The van der Waals surface area contributed by atoms with E-state index in [1.807, 2.05) is 35.7 Å². The van der Waals surface area contributed by atoms with Crippen LogP contribution in [0.2, 0.25) is 0 Å². The van der Waals surface area contributed by atoms with E-state index in [0.29, 0.717) is 0 Å². The third-order valence-electron chi connectivity index (χ3n) is 4.94. The molecule has 0 amide bonds. The van der Waals surface area contributed by atoms with Crippen LogP contribution >= 0.6 is 11.3 Å². The number of aromatic nitrogens is 3. The molecule has 2 N–H and O–H groups in total. The highest BCUT2D eigenvalue weighted by Crippen LogP contribution is 2.25. The molecule has 142 valence electrons. The molecule has 0 aliphatic carbocycles. The Hall–Kier alpha value is -3.78. The zero-order chi connectivity index (χ0) is 20.1. The van der Waals surface area contributed by atoms with Gasteiger partial charge in [-0.25, -0.2) is 0 Å². The summed E-state index contributed by atoms with van der Waals surface area (Å²) in [5, 5.41) is 1.24. The Labute approximate surface area is 165 Å². The summed E-state index contributed by atoms with van der Waals surface area (Å²) in [6.07, 6.45) is 2.90. The summed E-state index contributed by atoms with van der Waals surface area (Å²) in [5.74, 6) is 0. The van der Waals surface area contributed by atoms with Crippen molar-refractivity contribution in [2.45, 2.75) is 6.54 Å². The van der Waals surface area contributed by atoms with Gasteiger partial charge < -0.3 is 9.97 Å². The third-order valence-corrected chi connectivity index (χ3v) is 5.86. The average molecular weight is 403 g/mol. The van der Waals surface area contributed by atoms with Crippen molar-refractivity contribution in [3.8, 4) is 10.4 Å². The van der Waals surface area contributed by atoms with Crippen LogP contribution in [0.3, 0.4) is 0 Å². The number of hydrogen-bond acceptors (Lipinski definition) is 5. The topological polar surface area (TPSA) is 105 Å². The van der Waals surface area contributed by atoms with E-state index in [0.717, 1.165) is 20.6 Å². The summed E-state index contributed by atoms with van der Waals surface area (Å²) >= 11 is 1.59. The lowest BCUT2D eigenvalue weighted by atomic mass is 10.1. The summed E-state index contributed by atoms with van der Waals surface area (Å²) in [4.78, 5) is 57.7. The number of nitrogens with one attached hydrogen (secondary N) is 2. The van der Waals surface area contributed by atoms with Gasteiger partial charge in [-0.15, -0.1) is 11.3 Å². The van der Waals surface area contributed by atoms with Crippen LogP contribution in [-0.2, 0) is 6.54 Å². The second-order valence-electron chi connectivity index (χ2n) is 6.65. The number of thiophene rings is 1. The first-order valence-corrected chi connectivity index (χ1v) is 9.69. The van der Waals surface area contributed by atoms with E-state index in [2.05, 4.69) is 9.97 Å². The maximum absolute atomic E-state index is 12.9. The quantitative estimate of drug-likeness (QED) is 0.481. The number of H-pyrrole nitrogens is 2. The number of hydrogen-bond donors (Lipinski definition) is 2. The van der Waals surface area contributed by atoms with Gasteiger partial charge in [0.05, 0.1) is 6.54 Å². The fraction of sp³-hybridized carbons (Fsp3) is 0.0476. The average Bonchev–Trinajstić information content (AvgIpc) is 3.36. The van der Waals surface area contributed by atoms with E-state index in [1.54, 1.807) is 17.4 Å². The van der Waals surface area contributed by atoms with Crippen molar-refractivity contribution in [2.24, 2.45) is 0 Å². The molecule has 0 aliphatic heterocycles. The molecule has 8 heteroatoms. The lowest BCUT2D eigenvalue weighted by molar-refractivity contribution is 0.754. The third kappa shape index (κ3) is 2.57. The first kappa shape index (κ1) is 17.3. The molecule has 3 aromatic heterocycles. The molecule has 29 heavy (non-hydrogen) atoms. The van der Waals surface area contributed by atoms with Crippen LogP contribution < -0.4 is 22.0 Å². The van der Waals surface area contributed by atoms with Crippen LogP contribution in [0.1, 0.15) is 5.56 Å². The van der Waals surface area contributed by atoms with Crippen molar-refractivity contribution < 1.29 is 0 Å². The minimum Gasteiger partial charge on any atom is -0.355 e. The molecule has 0 saturated heterocycles. The van der Waals surface area contributed by atoms with Crippen molar-refractivity contribution >= 4 is 33.1 Å². The molecule has 0 aliphatic rings. The highest BCUT2D eigenvalue weighted by Gasteiger charge is 2.22. The van der Waals surface area contributed by atoms with Gasteiger partial charge in [-0.2, -0.15) is 0 Å². The van der Waals surface area contributed by atoms with E-state index >= 15 is 0 Å². The fourth-order valence-corrected chi connectivity index (χ4v) is 4.32. The number of benzene rings is 2. The number of fused-ring (bicyclic) bond motifs is 2. The Bertz CT molecular complexity index is 1530.